The van der Waals surface area contributed by atoms with Gasteiger partial charge in [0.05, 0.1) is 12.0 Å². The van der Waals surface area contributed by atoms with Crippen molar-refractivity contribution in [2.24, 2.45) is 0 Å². The average molecular weight is 294 g/mol. The molecular weight excluding hydrogens is 272 g/mol. The Morgan fingerprint density at radius 2 is 1.90 bits per heavy atom. The van der Waals surface area contributed by atoms with Crippen molar-refractivity contribution >= 4 is 17.7 Å². The van der Waals surface area contributed by atoms with Crippen LogP contribution < -0.4 is 10.6 Å². The molecule has 1 unspecified atom stereocenters. The van der Waals surface area contributed by atoms with Gasteiger partial charge in [-0.15, -0.1) is 0 Å². The molecule has 1 atom stereocenters. The number of aliphatic hydroxyl groups is 1. The molecule has 0 fully saturated rings. The molecule has 2 amide bonds. The zero-order valence-corrected chi connectivity index (χ0v) is 12.5. The van der Waals surface area contributed by atoms with Gasteiger partial charge in [0.15, 0.2) is 0 Å². The van der Waals surface area contributed by atoms with Gasteiger partial charge in [-0.3, -0.25) is 4.79 Å². The number of carbonyl (C=O) groups excluding carboxylic acids is 1. The Balaban J connectivity index is 2.61. The fourth-order valence-electron chi connectivity index (χ4n) is 1.94. The lowest BCUT2D eigenvalue weighted by Crippen LogP contribution is -2.43. The smallest absolute Gasteiger partial charge is 0.319 e. The first-order chi connectivity index (χ1) is 9.71. The second kappa shape index (κ2) is 7.08. The Bertz CT molecular complexity index is 512. The minimum absolute atomic E-state index is 0.144. The summed E-state index contributed by atoms with van der Waals surface area (Å²) in [6, 6.07) is 6.97. The number of hydrogen-bond donors (Lipinski definition) is 4. The lowest BCUT2D eigenvalue weighted by atomic mass is 10.0. The predicted octanol–water partition coefficient (Wildman–Crippen LogP) is 2.16. The molecule has 1 aromatic rings. The van der Waals surface area contributed by atoms with Gasteiger partial charge in [0.2, 0.25) is 0 Å². The molecule has 0 aliphatic heterocycles. The molecule has 0 saturated carbocycles. The van der Waals surface area contributed by atoms with E-state index in [-0.39, 0.29) is 12.5 Å². The highest BCUT2D eigenvalue weighted by atomic mass is 16.4. The second-order valence-corrected chi connectivity index (χ2v) is 5.62. The zero-order chi connectivity index (χ0) is 16.0. The second-order valence-electron chi connectivity index (χ2n) is 5.62. The lowest BCUT2D eigenvalue weighted by molar-refractivity contribution is -0.141. The van der Waals surface area contributed by atoms with Gasteiger partial charge in [0.1, 0.15) is 0 Å². The van der Waals surface area contributed by atoms with Crippen LogP contribution >= 0.6 is 0 Å². The molecule has 116 valence electrons. The summed E-state index contributed by atoms with van der Waals surface area (Å²) in [7, 11) is 0. The third-order valence-corrected chi connectivity index (χ3v) is 2.99. The highest BCUT2D eigenvalue weighted by Crippen LogP contribution is 2.23. The maximum atomic E-state index is 11.8. The molecule has 0 radical (unpaired) electrons. The standard InChI is InChI=1S/C15H22N2O4/c1-10(2)11-6-4-5-7-12(11)17-14(20)16-9-15(3,21)8-13(18)19/h4-7,10,21H,8-9H2,1-3H3,(H,18,19)(H2,16,17,20). The van der Waals surface area contributed by atoms with E-state index in [4.69, 9.17) is 5.11 Å². The molecule has 0 heterocycles. The van der Waals surface area contributed by atoms with Crippen LogP contribution in [0.4, 0.5) is 10.5 Å². The number of para-hydroxylation sites is 1. The van der Waals surface area contributed by atoms with Crippen molar-refractivity contribution in [1.82, 2.24) is 5.32 Å². The number of nitrogens with one attached hydrogen (secondary N) is 2. The van der Waals surface area contributed by atoms with Gasteiger partial charge >= 0.3 is 12.0 Å². The van der Waals surface area contributed by atoms with Crippen LogP contribution in [-0.4, -0.2) is 34.4 Å². The van der Waals surface area contributed by atoms with E-state index in [1.807, 2.05) is 32.0 Å². The van der Waals surface area contributed by atoms with E-state index < -0.39 is 24.0 Å². The summed E-state index contributed by atoms with van der Waals surface area (Å²) < 4.78 is 0. The minimum atomic E-state index is -1.49. The van der Waals surface area contributed by atoms with Crippen molar-refractivity contribution in [3.8, 4) is 0 Å². The number of urea groups is 1. The van der Waals surface area contributed by atoms with Crippen LogP contribution in [0.15, 0.2) is 24.3 Å². The van der Waals surface area contributed by atoms with Crippen LogP contribution in [0.3, 0.4) is 0 Å². The summed E-state index contributed by atoms with van der Waals surface area (Å²) >= 11 is 0. The SMILES string of the molecule is CC(C)c1ccccc1NC(=O)NCC(C)(O)CC(=O)O. The maximum Gasteiger partial charge on any atom is 0.319 e. The predicted molar refractivity (Wildman–Crippen MR) is 80.4 cm³/mol. The summed E-state index contributed by atoms with van der Waals surface area (Å²) in [5.41, 5.74) is 0.216. The molecule has 4 N–H and O–H groups in total. The number of carboxylic acids is 1. The monoisotopic (exact) mass is 294 g/mol. The van der Waals surface area contributed by atoms with Crippen LogP contribution in [-0.2, 0) is 4.79 Å². The zero-order valence-electron chi connectivity index (χ0n) is 12.5. The van der Waals surface area contributed by atoms with Gasteiger partial charge in [-0.05, 0) is 24.5 Å². The summed E-state index contributed by atoms with van der Waals surface area (Å²) in [5, 5.41) is 23.7. The number of hydrogen-bond acceptors (Lipinski definition) is 3. The highest BCUT2D eigenvalue weighted by molar-refractivity contribution is 5.90. The van der Waals surface area contributed by atoms with Crippen LogP contribution in [0.5, 0.6) is 0 Å². The van der Waals surface area contributed by atoms with Crippen LogP contribution in [0.1, 0.15) is 38.7 Å². The van der Waals surface area contributed by atoms with Gasteiger partial charge in [0, 0.05) is 12.2 Å². The fourth-order valence-corrected chi connectivity index (χ4v) is 1.94. The largest absolute Gasteiger partial charge is 0.481 e. The van der Waals surface area contributed by atoms with E-state index in [2.05, 4.69) is 10.6 Å². The van der Waals surface area contributed by atoms with Crippen molar-refractivity contribution in [2.45, 2.75) is 38.7 Å². The van der Waals surface area contributed by atoms with Crippen molar-refractivity contribution in [1.29, 1.82) is 0 Å². The van der Waals surface area contributed by atoms with Gasteiger partial charge in [-0.1, -0.05) is 32.0 Å². The fraction of sp³-hybridized carbons (Fsp3) is 0.467. The first-order valence-corrected chi connectivity index (χ1v) is 6.79. The third-order valence-electron chi connectivity index (χ3n) is 2.99. The molecule has 6 heteroatoms. The van der Waals surface area contributed by atoms with E-state index in [1.165, 1.54) is 6.92 Å². The normalized spacial score (nSPS) is 13.6. The van der Waals surface area contributed by atoms with E-state index in [1.54, 1.807) is 6.07 Å². The highest BCUT2D eigenvalue weighted by Gasteiger charge is 2.24. The quantitative estimate of drug-likeness (QED) is 0.646. The van der Waals surface area contributed by atoms with Crippen molar-refractivity contribution in [3.05, 3.63) is 29.8 Å². The lowest BCUT2D eigenvalue weighted by Gasteiger charge is -2.22. The summed E-state index contributed by atoms with van der Waals surface area (Å²) in [4.78, 5) is 22.4. The van der Waals surface area contributed by atoms with Crippen LogP contribution in [0.25, 0.3) is 0 Å². The van der Waals surface area contributed by atoms with Gasteiger partial charge in [0.25, 0.3) is 0 Å². The van der Waals surface area contributed by atoms with E-state index in [9.17, 15) is 14.7 Å². The number of anilines is 1. The Labute approximate surface area is 124 Å². The average Bonchev–Trinajstić information content (AvgIpc) is 2.35. The van der Waals surface area contributed by atoms with Crippen molar-refractivity contribution in [2.75, 3.05) is 11.9 Å². The molecule has 6 nitrogen and oxygen atoms in total. The minimum Gasteiger partial charge on any atom is -0.481 e. The van der Waals surface area contributed by atoms with Gasteiger partial charge < -0.3 is 20.8 Å². The topological polar surface area (TPSA) is 98.7 Å². The van der Waals surface area contributed by atoms with Crippen molar-refractivity contribution < 1.29 is 19.8 Å². The Kier molecular flexibility index (Phi) is 5.72. The summed E-state index contributed by atoms with van der Waals surface area (Å²) in [6.07, 6.45) is -0.435. The molecule has 0 aromatic heterocycles. The van der Waals surface area contributed by atoms with E-state index in [0.717, 1.165) is 5.56 Å². The first-order valence-electron chi connectivity index (χ1n) is 6.79. The number of carbonyl (C=O) groups is 2. The van der Waals surface area contributed by atoms with E-state index >= 15 is 0 Å². The number of aliphatic carboxylic acids is 1. The molecule has 0 spiro atoms. The Morgan fingerprint density at radius 1 is 1.29 bits per heavy atom. The maximum absolute atomic E-state index is 11.8. The molecule has 21 heavy (non-hydrogen) atoms. The number of amides is 2. The Morgan fingerprint density at radius 3 is 2.48 bits per heavy atom. The molecule has 0 aliphatic carbocycles. The molecule has 0 aliphatic rings. The van der Waals surface area contributed by atoms with Gasteiger partial charge in [-0.2, -0.15) is 0 Å². The first kappa shape index (κ1) is 17.0. The summed E-state index contributed by atoms with van der Waals surface area (Å²) in [6.45, 7) is 5.27. The summed E-state index contributed by atoms with van der Waals surface area (Å²) in [5.74, 6) is -0.857. The number of benzene rings is 1. The third kappa shape index (κ3) is 5.83. The number of rotatable bonds is 6. The molecular formula is C15H22N2O4. The van der Waals surface area contributed by atoms with Crippen LogP contribution in [0, 0.1) is 0 Å². The molecule has 0 saturated heterocycles. The molecule has 0 bridgehead atoms. The molecule has 1 rings (SSSR count). The number of carboxylic acid groups (broad SMARTS) is 1. The van der Waals surface area contributed by atoms with Crippen LogP contribution in [0.2, 0.25) is 0 Å². The molecule has 1 aromatic carbocycles. The van der Waals surface area contributed by atoms with E-state index in [0.29, 0.717) is 5.69 Å². The Hall–Kier alpha value is -2.08. The van der Waals surface area contributed by atoms with Crippen molar-refractivity contribution in [3.63, 3.8) is 0 Å². The van der Waals surface area contributed by atoms with Gasteiger partial charge in [-0.25, -0.2) is 4.79 Å².